The summed E-state index contributed by atoms with van der Waals surface area (Å²) in [7, 11) is 0. The second-order valence-corrected chi connectivity index (χ2v) is 7.29. The first-order chi connectivity index (χ1) is 9.34. The maximum absolute atomic E-state index is 3.50. The zero-order chi connectivity index (χ0) is 15.3. The summed E-state index contributed by atoms with van der Waals surface area (Å²) in [5.41, 5.74) is 6.78. The van der Waals surface area contributed by atoms with Crippen LogP contribution in [0.25, 0.3) is 0 Å². The summed E-state index contributed by atoms with van der Waals surface area (Å²) in [6.45, 7) is 16.3. The molecule has 0 saturated heterocycles. The van der Waals surface area contributed by atoms with Gasteiger partial charge in [-0.05, 0) is 79.9 Å². The Labute approximate surface area is 127 Å². The van der Waals surface area contributed by atoms with E-state index in [0.717, 1.165) is 24.2 Å². The maximum Gasteiger partial charge on any atom is -0.00377 e. The topological polar surface area (TPSA) is 0 Å². The van der Waals surface area contributed by atoms with Gasteiger partial charge in [-0.3, -0.25) is 0 Å². The fraction of sp³-hybridized carbons (Fsp3) is 0.750. The highest BCUT2D eigenvalue weighted by atomic mass is 14.5. The minimum atomic E-state index is 0.489. The van der Waals surface area contributed by atoms with Crippen molar-refractivity contribution in [2.24, 2.45) is 23.2 Å². The van der Waals surface area contributed by atoms with Crippen LogP contribution in [-0.2, 0) is 0 Å². The number of hydrogen-bond acceptors (Lipinski definition) is 0. The van der Waals surface area contributed by atoms with Crippen LogP contribution in [0.3, 0.4) is 0 Å². The van der Waals surface area contributed by atoms with Crippen molar-refractivity contribution in [2.45, 2.75) is 74.1 Å². The lowest BCUT2D eigenvalue weighted by atomic mass is 9.72. The van der Waals surface area contributed by atoms with Crippen LogP contribution in [0.5, 0.6) is 0 Å². The van der Waals surface area contributed by atoms with E-state index in [9.17, 15) is 0 Å². The second kappa shape index (κ2) is 7.32. The molecule has 0 spiro atoms. The van der Waals surface area contributed by atoms with Gasteiger partial charge in [0.15, 0.2) is 0 Å². The van der Waals surface area contributed by atoms with Crippen molar-refractivity contribution in [3.63, 3.8) is 0 Å². The molecule has 0 aromatic rings. The lowest BCUT2D eigenvalue weighted by Crippen LogP contribution is -2.25. The van der Waals surface area contributed by atoms with Crippen LogP contribution in [0.2, 0.25) is 0 Å². The van der Waals surface area contributed by atoms with Crippen LogP contribution in [0.15, 0.2) is 29.0 Å². The van der Waals surface area contributed by atoms with Crippen LogP contribution in [-0.4, -0.2) is 0 Å². The lowest BCUT2D eigenvalue weighted by molar-refractivity contribution is 0.173. The minimum absolute atomic E-state index is 0.489. The molecule has 1 saturated carbocycles. The maximum atomic E-state index is 3.50. The fourth-order valence-electron chi connectivity index (χ4n) is 3.24. The van der Waals surface area contributed by atoms with E-state index in [0.29, 0.717) is 5.41 Å². The average molecular weight is 274 g/mol. The standard InChI is InChI=1S/C20H34/c1-8-10-11-18(15(3)9-2)13-12-17(5)20(6,7)19-14-16(19)4/h9-10,16-17,19H,8,12-14H2,1-7H3. The molecule has 114 valence electrons. The molecule has 20 heavy (non-hydrogen) atoms. The predicted octanol–water partition coefficient (Wildman–Crippen LogP) is 6.54. The highest BCUT2D eigenvalue weighted by Gasteiger charge is 2.46. The quantitative estimate of drug-likeness (QED) is 0.365. The minimum Gasteiger partial charge on any atom is -0.121 e. The normalized spacial score (nSPS) is 24.1. The number of hydrogen-bond donors (Lipinski definition) is 0. The van der Waals surface area contributed by atoms with E-state index in [4.69, 9.17) is 0 Å². The van der Waals surface area contributed by atoms with E-state index in [1.165, 1.54) is 30.4 Å². The summed E-state index contributed by atoms with van der Waals surface area (Å²) in [5.74, 6) is 2.67. The molecule has 1 aliphatic rings. The predicted molar refractivity (Wildman–Crippen MR) is 90.8 cm³/mol. The monoisotopic (exact) mass is 274 g/mol. The highest BCUT2D eigenvalue weighted by Crippen LogP contribution is 2.54. The number of allylic oxidation sites excluding steroid dienone is 3. The highest BCUT2D eigenvalue weighted by molar-refractivity contribution is 5.28. The van der Waals surface area contributed by atoms with Gasteiger partial charge in [0.2, 0.25) is 0 Å². The van der Waals surface area contributed by atoms with E-state index >= 15 is 0 Å². The Balaban J connectivity index is 2.66. The second-order valence-electron chi connectivity index (χ2n) is 7.29. The van der Waals surface area contributed by atoms with Crippen LogP contribution >= 0.6 is 0 Å². The molecular weight excluding hydrogens is 240 g/mol. The molecule has 1 aliphatic carbocycles. The van der Waals surface area contributed by atoms with Gasteiger partial charge in [0, 0.05) is 0 Å². The SMILES string of the molecule is CC=C(C)C(=C=CCC)CCC(C)C(C)(C)C1CC1C. The first-order valence-corrected chi connectivity index (χ1v) is 8.41. The summed E-state index contributed by atoms with van der Waals surface area (Å²) in [6.07, 6.45) is 9.33. The molecule has 0 aliphatic heterocycles. The Morgan fingerprint density at radius 2 is 2.00 bits per heavy atom. The third-order valence-corrected chi connectivity index (χ3v) is 5.55. The molecule has 0 N–H and O–H groups in total. The molecular formula is C20H34. The largest absolute Gasteiger partial charge is 0.121 e. The smallest absolute Gasteiger partial charge is 0.00377 e. The van der Waals surface area contributed by atoms with Gasteiger partial charge < -0.3 is 0 Å². The van der Waals surface area contributed by atoms with Gasteiger partial charge >= 0.3 is 0 Å². The van der Waals surface area contributed by atoms with Gasteiger partial charge in [0.05, 0.1) is 0 Å². The van der Waals surface area contributed by atoms with Gasteiger partial charge in [-0.25, -0.2) is 0 Å². The molecule has 3 atom stereocenters. The molecule has 0 aromatic carbocycles. The van der Waals surface area contributed by atoms with E-state index in [-0.39, 0.29) is 0 Å². The summed E-state index contributed by atoms with van der Waals surface area (Å²) in [6, 6.07) is 0. The van der Waals surface area contributed by atoms with Gasteiger partial charge in [-0.1, -0.05) is 40.7 Å². The third kappa shape index (κ3) is 4.38. The summed E-state index contributed by atoms with van der Waals surface area (Å²) in [4.78, 5) is 0. The molecule has 0 amide bonds. The summed E-state index contributed by atoms with van der Waals surface area (Å²) >= 11 is 0. The van der Waals surface area contributed by atoms with Crippen LogP contribution in [0.4, 0.5) is 0 Å². The molecule has 1 rings (SSSR count). The zero-order valence-electron chi connectivity index (χ0n) is 14.7. The van der Waals surface area contributed by atoms with Crippen molar-refractivity contribution in [1.82, 2.24) is 0 Å². The van der Waals surface area contributed by atoms with E-state index in [1.807, 2.05) is 0 Å². The van der Waals surface area contributed by atoms with Gasteiger partial charge in [-0.2, -0.15) is 0 Å². The molecule has 1 fully saturated rings. The van der Waals surface area contributed by atoms with Crippen molar-refractivity contribution in [2.75, 3.05) is 0 Å². The van der Waals surface area contributed by atoms with Gasteiger partial charge in [-0.15, -0.1) is 5.73 Å². The molecule has 0 heterocycles. The Morgan fingerprint density at radius 3 is 2.45 bits per heavy atom. The summed E-state index contributed by atoms with van der Waals surface area (Å²) < 4.78 is 0. The van der Waals surface area contributed by atoms with Crippen molar-refractivity contribution < 1.29 is 0 Å². The van der Waals surface area contributed by atoms with Crippen molar-refractivity contribution in [3.05, 3.63) is 29.0 Å². The van der Waals surface area contributed by atoms with Gasteiger partial charge in [0.25, 0.3) is 0 Å². The Hall–Kier alpha value is -0.740. The van der Waals surface area contributed by atoms with E-state index < -0.39 is 0 Å². The molecule has 0 nitrogen and oxygen atoms in total. The lowest BCUT2D eigenvalue weighted by Gasteiger charge is -2.33. The Bertz CT molecular complexity index is 402. The molecule has 0 bridgehead atoms. The van der Waals surface area contributed by atoms with Crippen LogP contribution < -0.4 is 0 Å². The first kappa shape index (κ1) is 17.3. The van der Waals surface area contributed by atoms with Crippen molar-refractivity contribution in [3.8, 4) is 0 Å². The van der Waals surface area contributed by atoms with Gasteiger partial charge in [0.1, 0.15) is 0 Å². The first-order valence-electron chi connectivity index (χ1n) is 8.41. The summed E-state index contributed by atoms with van der Waals surface area (Å²) in [5, 5.41) is 0. The third-order valence-electron chi connectivity index (χ3n) is 5.55. The van der Waals surface area contributed by atoms with E-state index in [1.54, 1.807) is 0 Å². The molecule has 0 heteroatoms. The van der Waals surface area contributed by atoms with Crippen molar-refractivity contribution >= 4 is 0 Å². The zero-order valence-corrected chi connectivity index (χ0v) is 14.7. The Morgan fingerprint density at radius 1 is 1.40 bits per heavy atom. The number of rotatable bonds is 7. The molecule has 3 unspecified atom stereocenters. The van der Waals surface area contributed by atoms with E-state index in [2.05, 4.69) is 66.3 Å². The Kier molecular flexibility index (Phi) is 6.34. The average Bonchev–Trinajstić information content (AvgIpc) is 3.15. The van der Waals surface area contributed by atoms with Crippen LogP contribution in [0.1, 0.15) is 74.1 Å². The van der Waals surface area contributed by atoms with Crippen molar-refractivity contribution in [1.29, 1.82) is 0 Å². The molecule has 0 aromatic heterocycles. The van der Waals surface area contributed by atoms with Crippen LogP contribution in [0, 0.1) is 23.2 Å². The fourth-order valence-corrected chi connectivity index (χ4v) is 3.24. The molecule has 0 radical (unpaired) electrons.